The highest BCUT2D eigenvalue weighted by molar-refractivity contribution is 6.03. The maximum Gasteiger partial charge on any atom is 0.240 e. The van der Waals surface area contributed by atoms with Gasteiger partial charge in [0.25, 0.3) is 0 Å². The molecule has 0 N–H and O–H groups in total. The average Bonchev–Trinajstić information content (AvgIpc) is 3.13. The number of hydrogen-bond donors (Lipinski definition) is 0. The van der Waals surface area contributed by atoms with Crippen molar-refractivity contribution < 1.29 is 19.0 Å². The maximum absolute atomic E-state index is 12.2. The third-order valence-corrected chi connectivity index (χ3v) is 4.69. The van der Waals surface area contributed by atoms with Gasteiger partial charge in [-0.15, -0.1) is 0 Å². The van der Waals surface area contributed by atoms with Crippen LogP contribution in [0.4, 0.5) is 0 Å². The second-order valence-electron chi connectivity index (χ2n) is 6.45. The Bertz CT molecular complexity index is 849. The summed E-state index contributed by atoms with van der Waals surface area (Å²) < 4.78 is 16.3. The van der Waals surface area contributed by atoms with E-state index in [0.29, 0.717) is 23.7 Å². The number of benzene rings is 2. The monoisotopic (exact) mass is 368 g/mol. The molecule has 1 atom stereocenters. The van der Waals surface area contributed by atoms with Crippen LogP contribution in [0.5, 0.6) is 17.2 Å². The number of methoxy groups -OCH3 is 3. The van der Waals surface area contributed by atoms with Crippen LogP contribution in [0.15, 0.2) is 41.5 Å². The van der Waals surface area contributed by atoms with Gasteiger partial charge in [-0.2, -0.15) is 5.10 Å². The Hall–Kier alpha value is -3.02. The smallest absolute Gasteiger partial charge is 0.240 e. The van der Waals surface area contributed by atoms with E-state index in [4.69, 9.17) is 14.2 Å². The third kappa shape index (κ3) is 3.60. The topological polar surface area (TPSA) is 60.4 Å². The summed E-state index contributed by atoms with van der Waals surface area (Å²) >= 11 is 0. The Labute approximate surface area is 159 Å². The number of nitrogens with zero attached hydrogens (tertiary/aromatic N) is 2. The number of aryl methyl sites for hydroxylation is 1. The maximum atomic E-state index is 12.2. The molecule has 1 unspecified atom stereocenters. The standard InChI is InChI=1S/C21H24N2O4/c1-13-6-8-15(9-7-13)17-12-18(23(22-17)14(2)24)16-10-19(25-3)21(27-5)20(11-16)26-4/h6-11,18H,12H2,1-5H3. The predicted molar refractivity (Wildman–Crippen MR) is 104 cm³/mol. The van der Waals surface area contributed by atoms with E-state index < -0.39 is 0 Å². The quantitative estimate of drug-likeness (QED) is 0.807. The lowest BCUT2D eigenvalue weighted by Gasteiger charge is -2.22. The summed E-state index contributed by atoms with van der Waals surface area (Å²) in [6, 6.07) is 11.7. The number of amides is 1. The molecule has 0 aromatic heterocycles. The molecule has 0 saturated heterocycles. The van der Waals surface area contributed by atoms with Gasteiger partial charge in [-0.05, 0) is 30.2 Å². The Balaban J connectivity index is 2.01. The Morgan fingerprint density at radius 3 is 2.11 bits per heavy atom. The van der Waals surface area contributed by atoms with Crippen molar-refractivity contribution in [1.29, 1.82) is 0 Å². The van der Waals surface area contributed by atoms with Gasteiger partial charge in [-0.3, -0.25) is 4.79 Å². The molecule has 0 bridgehead atoms. The number of carbonyl (C=O) groups excluding carboxylic acids is 1. The van der Waals surface area contributed by atoms with E-state index >= 15 is 0 Å². The summed E-state index contributed by atoms with van der Waals surface area (Å²) in [5.41, 5.74) is 3.96. The van der Waals surface area contributed by atoms with E-state index in [1.54, 1.807) is 21.3 Å². The zero-order chi connectivity index (χ0) is 19.6. The summed E-state index contributed by atoms with van der Waals surface area (Å²) in [5, 5.41) is 6.11. The molecule has 6 nitrogen and oxygen atoms in total. The van der Waals surface area contributed by atoms with Gasteiger partial charge in [0.05, 0.1) is 33.1 Å². The molecule has 0 radical (unpaired) electrons. The lowest BCUT2D eigenvalue weighted by Crippen LogP contribution is -2.24. The molecule has 0 saturated carbocycles. The van der Waals surface area contributed by atoms with Crippen LogP contribution in [0.3, 0.4) is 0 Å². The highest BCUT2D eigenvalue weighted by atomic mass is 16.5. The Kier molecular flexibility index (Phi) is 5.35. The van der Waals surface area contributed by atoms with Crippen molar-refractivity contribution in [2.75, 3.05) is 21.3 Å². The van der Waals surface area contributed by atoms with Gasteiger partial charge in [-0.25, -0.2) is 5.01 Å². The van der Waals surface area contributed by atoms with Crippen LogP contribution < -0.4 is 14.2 Å². The molecule has 1 aliphatic heterocycles. The van der Waals surface area contributed by atoms with E-state index in [1.165, 1.54) is 17.5 Å². The van der Waals surface area contributed by atoms with Crippen molar-refractivity contribution in [3.63, 3.8) is 0 Å². The zero-order valence-corrected chi connectivity index (χ0v) is 16.3. The molecule has 0 aliphatic carbocycles. The number of carbonyl (C=O) groups is 1. The summed E-state index contributed by atoms with van der Waals surface area (Å²) in [7, 11) is 4.72. The molecule has 0 spiro atoms. The van der Waals surface area contributed by atoms with Gasteiger partial charge in [0, 0.05) is 13.3 Å². The van der Waals surface area contributed by atoms with Crippen LogP contribution in [0.2, 0.25) is 0 Å². The molecule has 1 aliphatic rings. The van der Waals surface area contributed by atoms with Gasteiger partial charge in [0.15, 0.2) is 11.5 Å². The molecule has 2 aromatic rings. The largest absolute Gasteiger partial charge is 0.493 e. The van der Waals surface area contributed by atoms with Crippen molar-refractivity contribution in [2.45, 2.75) is 26.3 Å². The van der Waals surface area contributed by atoms with Gasteiger partial charge in [-0.1, -0.05) is 29.8 Å². The summed E-state index contributed by atoms with van der Waals surface area (Å²) in [6.45, 7) is 3.56. The molecular formula is C21H24N2O4. The molecule has 1 heterocycles. The fourth-order valence-corrected chi connectivity index (χ4v) is 3.27. The molecule has 27 heavy (non-hydrogen) atoms. The van der Waals surface area contributed by atoms with Crippen molar-refractivity contribution in [1.82, 2.24) is 5.01 Å². The molecule has 6 heteroatoms. The van der Waals surface area contributed by atoms with Crippen molar-refractivity contribution in [3.8, 4) is 17.2 Å². The highest BCUT2D eigenvalue weighted by Gasteiger charge is 2.32. The first-order chi connectivity index (χ1) is 13.0. The molecule has 0 fully saturated rings. The van der Waals surface area contributed by atoms with E-state index in [1.807, 2.05) is 43.3 Å². The van der Waals surface area contributed by atoms with Crippen LogP contribution in [0.25, 0.3) is 0 Å². The second-order valence-corrected chi connectivity index (χ2v) is 6.45. The summed E-state index contributed by atoms with van der Waals surface area (Å²) in [4.78, 5) is 12.2. The Morgan fingerprint density at radius 1 is 1.04 bits per heavy atom. The summed E-state index contributed by atoms with van der Waals surface area (Å²) in [6.07, 6.45) is 0.612. The van der Waals surface area contributed by atoms with Crippen LogP contribution in [-0.2, 0) is 4.79 Å². The zero-order valence-electron chi connectivity index (χ0n) is 16.3. The minimum absolute atomic E-state index is 0.115. The van der Waals surface area contributed by atoms with Crippen LogP contribution >= 0.6 is 0 Å². The number of hydrogen-bond acceptors (Lipinski definition) is 5. The third-order valence-electron chi connectivity index (χ3n) is 4.69. The second kappa shape index (κ2) is 7.70. The van der Waals surface area contributed by atoms with Crippen LogP contribution in [0, 0.1) is 6.92 Å². The lowest BCUT2D eigenvalue weighted by atomic mass is 9.97. The molecule has 142 valence electrons. The SMILES string of the molecule is COc1cc(C2CC(c3ccc(C)cc3)=NN2C(C)=O)cc(OC)c1OC. The van der Waals surface area contributed by atoms with E-state index in [2.05, 4.69) is 5.10 Å². The molecule has 2 aromatic carbocycles. The molecule has 3 rings (SSSR count). The summed E-state index contributed by atoms with van der Waals surface area (Å²) in [5.74, 6) is 1.52. The fourth-order valence-electron chi connectivity index (χ4n) is 3.27. The van der Waals surface area contributed by atoms with Crippen molar-refractivity contribution in [2.24, 2.45) is 5.10 Å². The normalized spacial score (nSPS) is 16.1. The average molecular weight is 368 g/mol. The first kappa shape index (κ1) is 18.8. The molecular weight excluding hydrogens is 344 g/mol. The van der Waals surface area contributed by atoms with E-state index in [9.17, 15) is 4.79 Å². The fraction of sp³-hybridized carbons (Fsp3) is 0.333. The number of rotatable bonds is 5. The van der Waals surface area contributed by atoms with Crippen molar-refractivity contribution in [3.05, 3.63) is 53.1 Å². The van der Waals surface area contributed by atoms with Gasteiger partial charge in [0.1, 0.15) is 0 Å². The number of ether oxygens (including phenoxy) is 3. The van der Waals surface area contributed by atoms with Gasteiger partial charge < -0.3 is 14.2 Å². The van der Waals surface area contributed by atoms with Crippen molar-refractivity contribution >= 4 is 11.6 Å². The first-order valence-corrected chi connectivity index (χ1v) is 8.72. The van der Waals surface area contributed by atoms with E-state index in [0.717, 1.165) is 16.8 Å². The predicted octanol–water partition coefficient (Wildman–Crippen LogP) is 3.72. The van der Waals surface area contributed by atoms with Crippen LogP contribution in [-0.4, -0.2) is 38.0 Å². The Morgan fingerprint density at radius 2 is 1.63 bits per heavy atom. The van der Waals surface area contributed by atoms with E-state index in [-0.39, 0.29) is 11.9 Å². The minimum Gasteiger partial charge on any atom is -0.493 e. The van der Waals surface area contributed by atoms with Crippen LogP contribution in [0.1, 0.15) is 36.1 Å². The number of hydrazone groups is 1. The van der Waals surface area contributed by atoms with Gasteiger partial charge >= 0.3 is 0 Å². The lowest BCUT2D eigenvalue weighted by molar-refractivity contribution is -0.130. The van der Waals surface area contributed by atoms with Gasteiger partial charge in [0.2, 0.25) is 11.7 Å². The first-order valence-electron chi connectivity index (χ1n) is 8.72. The molecule has 1 amide bonds. The highest BCUT2D eigenvalue weighted by Crippen LogP contribution is 2.43. The minimum atomic E-state index is -0.229.